The Morgan fingerprint density at radius 2 is 2.20 bits per heavy atom. The first-order valence-corrected chi connectivity index (χ1v) is 8.08. The molecule has 1 aromatic rings. The number of cyclic esters (lactones) is 1. The Morgan fingerprint density at radius 1 is 1.45 bits per heavy atom. The zero-order valence-electron chi connectivity index (χ0n) is 11.5. The van der Waals surface area contributed by atoms with E-state index in [1.54, 1.807) is 6.92 Å². The van der Waals surface area contributed by atoms with Crippen molar-refractivity contribution in [2.75, 3.05) is 23.7 Å². The summed E-state index contributed by atoms with van der Waals surface area (Å²) in [6, 6.07) is 7.52. The van der Waals surface area contributed by atoms with Crippen molar-refractivity contribution in [3.05, 3.63) is 29.8 Å². The number of carbonyl (C=O) groups excluding carboxylic acids is 1. The van der Waals surface area contributed by atoms with Crippen LogP contribution in [0.2, 0.25) is 0 Å². The van der Waals surface area contributed by atoms with E-state index in [4.69, 9.17) is 4.74 Å². The summed E-state index contributed by atoms with van der Waals surface area (Å²) < 4.78 is 30.3. The quantitative estimate of drug-likeness (QED) is 0.888. The van der Waals surface area contributed by atoms with Crippen molar-refractivity contribution >= 4 is 21.8 Å². The summed E-state index contributed by atoms with van der Waals surface area (Å²) in [7, 11) is -3.27. The molecule has 0 aliphatic carbocycles. The number of benzene rings is 1. The lowest BCUT2D eigenvalue weighted by atomic mass is 10.2. The zero-order valence-corrected chi connectivity index (χ0v) is 12.3. The first-order valence-electron chi connectivity index (χ1n) is 6.43. The van der Waals surface area contributed by atoms with E-state index in [9.17, 15) is 13.2 Å². The molecule has 1 amide bonds. The van der Waals surface area contributed by atoms with Crippen molar-refractivity contribution in [3.8, 4) is 0 Å². The van der Waals surface area contributed by atoms with Crippen LogP contribution in [0.4, 0.5) is 10.5 Å². The third-order valence-electron chi connectivity index (χ3n) is 3.10. The highest BCUT2D eigenvalue weighted by Crippen LogP contribution is 2.22. The molecule has 1 unspecified atom stereocenters. The molecule has 7 heteroatoms. The van der Waals surface area contributed by atoms with Crippen LogP contribution in [0.15, 0.2) is 24.3 Å². The number of hydrogen-bond acceptors (Lipinski definition) is 4. The molecule has 0 saturated carbocycles. The van der Waals surface area contributed by atoms with Gasteiger partial charge in [0.05, 0.1) is 12.3 Å². The minimum absolute atomic E-state index is 0.00919. The summed E-state index contributed by atoms with van der Waals surface area (Å²) in [5, 5.41) is 0. The lowest BCUT2D eigenvalue weighted by molar-refractivity contribution is 0.143. The van der Waals surface area contributed by atoms with Crippen LogP contribution < -0.4 is 9.62 Å². The molecule has 0 radical (unpaired) electrons. The maximum atomic E-state index is 11.8. The minimum Gasteiger partial charge on any atom is -0.443 e. The van der Waals surface area contributed by atoms with E-state index < -0.39 is 22.2 Å². The van der Waals surface area contributed by atoms with Gasteiger partial charge in [-0.2, -0.15) is 0 Å². The monoisotopic (exact) mass is 298 g/mol. The normalized spacial score (nSPS) is 19.2. The van der Waals surface area contributed by atoms with Gasteiger partial charge in [0.2, 0.25) is 10.0 Å². The number of ether oxygens (including phenoxy) is 1. The third kappa shape index (κ3) is 3.49. The number of hydrogen-bond donors (Lipinski definition) is 1. The summed E-state index contributed by atoms with van der Waals surface area (Å²) in [5.41, 5.74) is 1.81. The van der Waals surface area contributed by atoms with E-state index in [-0.39, 0.29) is 12.3 Å². The van der Waals surface area contributed by atoms with Crippen LogP contribution in [0.5, 0.6) is 0 Å². The van der Waals surface area contributed by atoms with Gasteiger partial charge in [0.25, 0.3) is 0 Å². The lowest BCUT2D eigenvalue weighted by Crippen LogP contribution is -2.35. The van der Waals surface area contributed by atoms with Crippen LogP contribution in [0.3, 0.4) is 0 Å². The molecule has 1 aliphatic heterocycles. The van der Waals surface area contributed by atoms with Crippen molar-refractivity contribution < 1.29 is 17.9 Å². The highest BCUT2D eigenvalue weighted by Gasteiger charge is 2.32. The van der Waals surface area contributed by atoms with Crippen molar-refractivity contribution in [2.45, 2.75) is 20.0 Å². The Kier molecular flexibility index (Phi) is 4.29. The lowest BCUT2D eigenvalue weighted by Gasteiger charge is -2.13. The van der Waals surface area contributed by atoms with Crippen LogP contribution in [0, 0.1) is 6.92 Å². The van der Waals surface area contributed by atoms with Gasteiger partial charge in [-0.1, -0.05) is 12.1 Å². The average molecular weight is 298 g/mol. The van der Waals surface area contributed by atoms with Gasteiger partial charge < -0.3 is 4.74 Å². The van der Waals surface area contributed by atoms with E-state index in [1.165, 1.54) is 4.90 Å². The van der Waals surface area contributed by atoms with Crippen molar-refractivity contribution in [2.24, 2.45) is 0 Å². The molecule has 0 spiro atoms. The second-order valence-electron chi connectivity index (χ2n) is 4.71. The van der Waals surface area contributed by atoms with Gasteiger partial charge in [0.15, 0.2) is 0 Å². The van der Waals surface area contributed by atoms with Gasteiger partial charge in [-0.15, -0.1) is 0 Å². The second-order valence-corrected chi connectivity index (χ2v) is 6.80. The van der Waals surface area contributed by atoms with Crippen molar-refractivity contribution in [3.63, 3.8) is 0 Å². The number of aryl methyl sites for hydroxylation is 1. The van der Waals surface area contributed by atoms with Crippen LogP contribution >= 0.6 is 0 Å². The van der Waals surface area contributed by atoms with E-state index in [0.717, 1.165) is 11.3 Å². The van der Waals surface area contributed by atoms with Gasteiger partial charge in [-0.3, -0.25) is 4.90 Å². The van der Waals surface area contributed by atoms with Gasteiger partial charge in [-0.25, -0.2) is 17.9 Å². The predicted molar refractivity (Wildman–Crippen MR) is 76.3 cm³/mol. The van der Waals surface area contributed by atoms with Crippen molar-refractivity contribution in [1.82, 2.24) is 4.72 Å². The second kappa shape index (κ2) is 5.80. The smallest absolute Gasteiger partial charge is 0.414 e. The molecule has 110 valence electrons. The number of nitrogens with zero attached hydrogens (tertiary/aromatic N) is 1. The topological polar surface area (TPSA) is 75.7 Å². The molecular formula is C13H18N2O4S. The molecular weight excluding hydrogens is 280 g/mol. The van der Waals surface area contributed by atoms with Crippen LogP contribution in [0.25, 0.3) is 0 Å². The fourth-order valence-electron chi connectivity index (χ4n) is 1.96. The minimum atomic E-state index is -3.27. The van der Waals surface area contributed by atoms with Crippen molar-refractivity contribution in [1.29, 1.82) is 0 Å². The van der Waals surface area contributed by atoms with E-state index in [2.05, 4.69) is 4.72 Å². The van der Waals surface area contributed by atoms with Gasteiger partial charge >= 0.3 is 6.09 Å². The summed E-state index contributed by atoms with van der Waals surface area (Å²) in [5.74, 6) is 0.00919. The Morgan fingerprint density at radius 3 is 2.85 bits per heavy atom. The Labute approximate surface area is 118 Å². The molecule has 1 saturated heterocycles. The molecule has 1 atom stereocenters. The predicted octanol–water partition coefficient (Wildman–Crippen LogP) is 1.26. The zero-order chi connectivity index (χ0) is 14.8. The van der Waals surface area contributed by atoms with Crippen LogP contribution in [-0.4, -0.2) is 39.5 Å². The fourth-order valence-corrected chi connectivity index (χ4v) is 2.60. The molecule has 1 heterocycles. The Bertz CT molecular complexity index is 600. The maximum Gasteiger partial charge on any atom is 0.414 e. The van der Waals surface area contributed by atoms with Gasteiger partial charge in [0, 0.05) is 12.2 Å². The molecule has 2 rings (SSSR count). The van der Waals surface area contributed by atoms with Gasteiger partial charge in [0.1, 0.15) is 6.10 Å². The summed E-state index contributed by atoms with van der Waals surface area (Å²) in [6.45, 7) is 3.94. The first-order chi connectivity index (χ1) is 9.41. The molecule has 0 bridgehead atoms. The SMILES string of the molecule is CCS(=O)(=O)NCC1CN(c2cccc(C)c2)C(=O)O1. The number of nitrogens with one attached hydrogen (secondary N) is 1. The van der Waals surface area contributed by atoms with Crippen LogP contribution in [0.1, 0.15) is 12.5 Å². The summed E-state index contributed by atoms with van der Waals surface area (Å²) in [4.78, 5) is 13.3. The standard InChI is InChI=1S/C13H18N2O4S/c1-3-20(17,18)14-8-12-9-15(13(16)19-12)11-6-4-5-10(2)7-11/h4-7,12,14H,3,8-9H2,1-2H3. The Balaban J connectivity index is 2.01. The number of amides is 1. The number of rotatable bonds is 5. The molecule has 20 heavy (non-hydrogen) atoms. The number of carbonyl (C=O) groups is 1. The molecule has 0 aromatic heterocycles. The highest BCUT2D eigenvalue weighted by atomic mass is 32.2. The van der Waals surface area contributed by atoms with Gasteiger partial charge in [-0.05, 0) is 31.5 Å². The molecule has 1 aromatic carbocycles. The average Bonchev–Trinajstić information content (AvgIpc) is 2.78. The third-order valence-corrected chi connectivity index (χ3v) is 4.46. The summed E-state index contributed by atoms with van der Waals surface area (Å²) >= 11 is 0. The molecule has 6 nitrogen and oxygen atoms in total. The van der Waals surface area contributed by atoms with E-state index in [0.29, 0.717) is 6.54 Å². The van der Waals surface area contributed by atoms with E-state index >= 15 is 0 Å². The highest BCUT2D eigenvalue weighted by molar-refractivity contribution is 7.89. The van der Waals surface area contributed by atoms with Crippen LogP contribution in [-0.2, 0) is 14.8 Å². The van der Waals surface area contributed by atoms with E-state index in [1.807, 2.05) is 31.2 Å². The molecule has 1 N–H and O–H groups in total. The number of sulfonamides is 1. The fraction of sp³-hybridized carbons (Fsp3) is 0.462. The molecule has 1 aliphatic rings. The number of anilines is 1. The Hall–Kier alpha value is -1.60. The largest absolute Gasteiger partial charge is 0.443 e. The molecule has 1 fully saturated rings. The first kappa shape index (κ1) is 14.8. The maximum absolute atomic E-state index is 11.8. The summed E-state index contributed by atoms with van der Waals surface area (Å²) in [6.07, 6.45) is -0.916.